The van der Waals surface area contributed by atoms with Crippen molar-refractivity contribution in [2.75, 3.05) is 5.32 Å². The second-order valence-corrected chi connectivity index (χ2v) is 10.2. The van der Waals surface area contributed by atoms with Gasteiger partial charge in [0.15, 0.2) is 0 Å². The summed E-state index contributed by atoms with van der Waals surface area (Å²) in [6.07, 6.45) is 16.4. The molecule has 0 spiro atoms. The maximum atomic E-state index is 13.8. The van der Waals surface area contributed by atoms with Gasteiger partial charge in [0.25, 0.3) is 0 Å². The van der Waals surface area contributed by atoms with Gasteiger partial charge >= 0.3 is 6.03 Å². The Morgan fingerprint density at radius 3 is 1.75 bits per heavy atom. The van der Waals surface area contributed by atoms with Gasteiger partial charge in [0.2, 0.25) is 0 Å². The molecule has 0 aromatic heterocycles. The van der Waals surface area contributed by atoms with Gasteiger partial charge in [0.1, 0.15) is 0 Å². The molecule has 0 heterocycles. The van der Waals surface area contributed by atoms with Crippen LogP contribution in [0.1, 0.15) is 86.5 Å². The standard InChI is InChI=1S/C29H38N2O/c32-29(31(26-7-3-1-4-8-26)27-9-5-2-6-10-27)30-28-21-24-16-15-22-11-13-23(14-12-22)17-19-25(28)20-18-24/h11-14,18,20-21,26-27H,1-10,15-17,19H2,(H,30,32). The Hall–Kier alpha value is -2.29. The van der Waals surface area contributed by atoms with Crippen LogP contribution >= 0.6 is 0 Å². The monoisotopic (exact) mass is 430 g/mol. The van der Waals surface area contributed by atoms with Gasteiger partial charge in [-0.05, 0) is 79.7 Å². The Balaban J connectivity index is 1.39. The van der Waals surface area contributed by atoms with Crippen LogP contribution in [-0.4, -0.2) is 23.0 Å². The lowest BCUT2D eigenvalue weighted by atomic mass is 9.89. The lowest BCUT2D eigenvalue weighted by Crippen LogP contribution is -2.50. The van der Waals surface area contributed by atoms with Gasteiger partial charge in [-0.25, -0.2) is 4.79 Å². The Morgan fingerprint density at radius 1 is 0.656 bits per heavy atom. The van der Waals surface area contributed by atoms with Crippen molar-refractivity contribution in [1.82, 2.24) is 4.90 Å². The number of amides is 2. The van der Waals surface area contributed by atoms with E-state index in [1.54, 1.807) is 0 Å². The average molecular weight is 431 g/mol. The third-order valence-corrected chi connectivity index (χ3v) is 7.99. The maximum absolute atomic E-state index is 13.8. The van der Waals surface area contributed by atoms with Gasteiger partial charge in [-0.15, -0.1) is 0 Å². The molecule has 170 valence electrons. The zero-order chi connectivity index (χ0) is 21.8. The van der Waals surface area contributed by atoms with Gasteiger partial charge in [0, 0.05) is 17.8 Å². The molecule has 0 atom stereocenters. The average Bonchev–Trinajstić information content (AvgIpc) is 2.83. The first-order valence-corrected chi connectivity index (χ1v) is 13.1. The molecule has 0 saturated heterocycles. The zero-order valence-corrected chi connectivity index (χ0v) is 19.5. The molecule has 2 aromatic carbocycles. The highest BCUT2D eigenvalue weighted by Gasteiger charge is 2.32. The number of nitrogens with one attached hydrogen (secondary N) is 1. The summed E-state index contributed by atoms with van der Waals surface area (Å²) < 4.78 is 0. The van der Waals surface area contributed by atoms with E-state index in [2.05, 4.69) is 52.7 Å². The molecule has 3 heteroatoms. The fourth-order valence-corrected chi connectivity index (χ4v) is 6.08. The van der Waals surface area contributed by atoms with Crippen LogP contribution in [0.15, 0.2) is 42.5 Å². The Morgan fingerprint density at radius 2 is 1.16 bits per heavy atom. The van der Waals surface area contributed by atoms with Gasteiger partial charge in [-0.2, -0.15) is 0 Å². The Labute approximate surface area is 193 Å². The molecule has 2 aromatic rings. The predicted molar refractivity (Wildman–Crippen MR) is 132 cm³/mol. The predicted octanol–water partition coefficient (Wildman–Crippen LogP) is 7.07. The number of rotatable bonds is 3. The van der Waals surface area contributed by atoms with E-state index in [1.807, 2.05) is 0 Å². The zero-order valence-electron chi connectivity index (χ0n) is 19.5. The molecule has 4 bridgehead atoms. The van der Waals surface area contributed by atoms with Crippen molar-refractivity contribution >= 4 is 11.7 Å². The third-order valence-electron chi connectivity index (χ3n) is 7.99. The number of nitrogens with zero attached hydrogens (tertiary/aromatic N) is 1. The highest BCUT2D eigenvalue weighted by molar-refractivity contribution is 5.90. The van der Waals surface area contributed by atoms with Crippen LogP contribution in [0.5, 0.6) is 0 Å². The summed E-state index contributed by atoms with van der Waals surface area (Å²) in [6.45, 7) is 0. The summed E-state index contributed by atoms with van der Waals surface area (Å²) in [6, 6.07) is 16.9. The number of carbonyl (C=O) groups is 1. The molecule has 32 heavy (non-hydrogen) atoms. The summed E-state index contributed by atoms with van der Waals surface area (Å²) >= 11 is 0. The summed E-state index contributed by atoms with van der Waals surface area (Å²) in [5.74, 6) is 0. The van der Waals surface area contributed by atoms with E-state index in [9.17, 15) is 4.79 Å². The lowest BCUT2D eigenvalue weighted by Gasteiger charge is -2.41. The lowest BCUT2D eigenvalue weighted by molar-refractivity contribution is 0.114. The molecular formula is C29H38N2O. The fourth-order valence-electron chi connectivity index (χ4n) is 6.08. The van der Waals surface area contributed by atoms with E-state index in [0.29, 0.717) is 12.1 Å². The third kappa shape index (κ3) is 5.03. The first kappa shape index (κ1) is 21.6. The number of aryl methyl sites for hydroxylation is 4. The van der Waals surface area contributed by atoms with Gasteiger partial charge < -0.3 is 10.2 Å². The first-order chi connectivity index (χ1) is 15.8. The van der Waals surface area contributed by atoms with Crippen LogP contribution < -0.4 is 5.32 Å². The van der Waals surface area contributed by atoms with Crippen LogP contribution in [0.4, 0.5) is 10.5 Å². The van der Waals surface area contributed by atoms with E-state index >= 15 is 0 Å². The van der Waals surface area contributed by atoms with E-state index in [1.165, 1.54) is 86.5 Å². The minimum Gasteiger partial charge on any atom is -0.319 e. The smallest absolute Gasteiger partial charge is 0.319 e. The van der Waals surface area contributed by atoms with Gasteiger partial charge in [-0.1, -0.05) is 74.9 Å². The van der Waals surface area contributed by atoms with Crippen LogP contribution in [0, 0.1) is 0 Å². The van der Waals surface area contributed by atoms with E-state index in [4.69, 9.17) is 0 Å². The largest absolute Gasteiger partial charge is 0.322 e. The summed E-state index contributed by atoms with van der Waals surface area (Å²) in [4.78, 5) is 16.1. The first-order valence-electron chi connectivity index (χ1n) is 13.1. The molecule has 2 saturated carbocycles. The topological polar surface area (TPSA) is 32.3 Å². The minimum atomic E-state index is 0.151. The summed E-state index contributed by atoms with van der Waals surface area (Å²) in [5.41, 5.74) is 6.39. The quantitative estimate of drug-likeness (QED) is 0.555. The van der Waals surface area contributed by atoms with Crippen molar-refractivity contribution in [3.63, 3.8) is 0 Å². The Bertz CT molecular complexity index is 889. The van der Waals surface area contributed by atoms with Crippen molar-refractivity contribution < 1.29 is 4.79 Å². The number of carbonyl (C=O) groups excluding carboxylic acids is 1. The fraction of sp³-hybridized carbons (Fsp3) is 0.552. The highest BCUT2D eigenvalue weighted by Crippen LogP contribution is 2.31. The number of benzene rings is 2. The molecule has 0 aliphatic heterocycles. The van der Waals surface area contributed by atoms with Crippen molar-refractivity contribution in [1.29, 1.82) is 0 Å². The SMILES string of the molecule is O=C(Nc1cc2ccc1CCc1ccc(cc1)CC2)N(C1CCCCC1)C1CCCCC1. The second-order valence-electron chi connectivity index (χ2n) is 10.2. The van der Waals surface area contributed by atoms with Crippen LogP contribution in [-0.2, 0) is 25.7 Å². The van der Waals surface area contributed by atoms with Crippen molar-refractivity contribution in [3.8, 4) is 0 Å². The number of anilines is 1. The second kappa shape index (κ2) is 10.1. The highest BCUT2D eigenvalue weighted by atomic mass is 16.2. The van der Waals surface area contributed by atoms with Crippen LogP contribution in [0.3, 0.4) is 0 Å². The number of urea groups is 1. The molecule has 8 rings (SSSR count). The van der Waals surface area contributed by atoms with E-state index < -0.39 is 0 Å². The molecule has 0 radical (unpaired) electrons. The molecule has 2 fully saturated rings. The maximum Gasteiger partial charge on any atom is 0.322 e. The normalized spacial score (nSPS) is 19.9. The summed E-state index contributed by atoms with van der Waals surface area (Å²) in [7, 11) is 0. The van der Waals surface area contributed by atoms with Crippen LogP contribution in [0.25, 0.3) is 0 Å². The molecule has 2 amide bonds. The van der Waals surface area contributed by atoms with Crippen LogP contribution in [0.2, 0.25) is 0 Å². The summed E-state index contributed by atoms with van der Waals surface area (Å²) in [5, 5.41) is 3.43. The van der Waals surface area contributed by atoms with Gasteiger partial charge in [0.05, 0.1) is 0 Å². The van der Waals surface area contributed by atoms with Gasteiger partial charge in [-0.3, -0.25) is 0 Å². The molecular weight excluding hydrogens is 392 g/mol. The molecule has 1 N–H and O–H groups in total. The molecule has 6 aliphatic carbocycles. The number of hydrogen-bond acceptors (Lipinski definition) is 1. The molecule has 6 aliphatic rings. The Kier molecular flexibility index (Phi) is 6.80. The van der Waals surface area contributed by atoms with Crippen molar-refractivity contribution in [3.05, 3.63) is 64.7 Å². The molecule has 0 unspecified atom stereocenters. The number of hydrogen-bond donors (Lipinski definition) is 1. The van der Waals surface area contributed by atoms with E-state index in [-0.39, 0.29) is 6.03 Å². The molecule has 3 nitrogen and oxygen atoms in total. The van der Waals surface area contributed by atoms with Crippen molar-refractivity contribution in [2.24, 2.45) is 0 Å². The van der Waals surface area contributed by atoms with Crippen molar-refractivity contribution in [2.45, 2.75) is 102 Å². The minimum absolute atomic E-state index is 0.151. The van der Waals surface area contributed by atoms with E-state index in [0.717, 1.165) is 31.4 Å².